The molecule has 1 aliphatic heterocycles. The van der Waals surface area contributed by atoms with Gasteiger partial charge in [-0.2, -0.15) is 0 Å². The molecule has 9 heteroatoms. The average Bonchev–Trinajstić information content (AvgIpc) is 3.36. The fourth-order valence-corrected chi connectivity index (χ4v) is 4.33. The van der Waals surface area contributed by atoms with E-state index in [1.165, 1.54) is 21.8 Å². The summed E-state index contributed by atoms with van der Waals surface area (Å²) in [4.78, 5) is 25.5. The Labute approximate surface area is 169 Å². The second kappa shape index (κ2) is 8.41. The lowest BCUT2D eigenvalue weighted by molar-refractivity contribution is 0.102. The summed E-state index contributed by atoms with van der Waals surface area (Å²) in [5, 5.41) is 11.4. The van der Waals surface area contributed by atoms with Gasteiger partial charge >= 0.3 is 6.09 Å². The van der Waals surface area contributed by atoms with E-state index in [9.17, 15) is 9.59 Å². The quantitative estimate of drug-likeness (QED) is 0.486. The normalized spacial score (nSPS) is 13.4. The van der Waals surface area contributed by atoms with Crippen molar-refractivity contribution in [3.63, 3.8) is 0 Å². The Kier molecular flexibility index (Phi) is 5.54. The molecule has 2 heterocycles. The molecule has 1 saturated heterocycles. The molecule has 142 valence electrons. The zero-order valence-electron chi connectivity index (χ0n) is 14.7. The number of carbonyl (C=O) groups excluding carboxylic acids is 2. The maximum atomic E-state index is 12.4. The van der Waals surface area contributed by atoms with Gasteiger partial charge in [0.25, 0.3) is 5.91 Å². The van der Waals surface area contributed by atoms with Crippen molar-refractivity contribution >= 4 is 45.9 Å². The molecular formula is C19H16N4O3S2. The third-order valence-electron chi connectivity index (χ3n) is 4.03. The van der Waals surface area contributed by atoms with Crippen LogP contribution < -0.4 is 10.2 Å². The number of ether oxygens (including phenoxy) is 1. The standard InChI is InChI=1S/C19H16N4O3S2/c24-16(14-6-8-15(9-7-14)23-10-11-26-19(23)25)20-17-21-22-18(28-17)27-12-13-4-2-1-3-5-13/h1-9H,10-12H2,(H,20,21,24). The van der Waals surface area contributed by atoms with Crippen LogP contribution in [0.2, 0.25) is 0 Å². The first-order chi connectivity index (χ1) is 13.7. The lowest BCUT2D eigenvalue weighted by Gasteiger charge is -2.12. The number of nitrogens with one attached hydrogen (secondary N) is 1. The van der Waals surface area contributed by atoms with Gasteiger partial charge in [0.05, 0.1) is 6.54 Å². The maximum absolute atomic E-state index is 12.4. The summed E-state index contributed by atoms with van der Waals surface area (Å²) in [5.74, 6) is 0.524. The topological polar surface area (TPSA) is 84.4 Å². The summed E-state index contributed by atoms with van der Waals surface area (Å²) in [7, 11) is 0. The first-order valence-electron chi connectivity index (χ1n) is 8.55. The van der Waals surface area contributed by atoms with Gasteiger partial charge in [-0.05, 0) is 29.8 Å². The number of cyclic esters (lactones) is 1. The Balaban J connectivity index is 1.34. The zero-order valence-corrected chi connectivity index (χ0v) is 16.3. The Morgan fingerprint density at radius 2 is 1.93 bits per heavy atom. The largest absolute Gasteiger partial charge is 0.447 e. The predicted molar refractivity (Wildman–Crippen MR) is 109 cm³/mol. The minimum atomic E-state index is -0.369. The molecule has 3 aromatic rings. The Hall–Kier alpha value is -2.91. The number of amides is 2. The molecule has 1 fully saturated rings. The molecule has 0 aliphatic carbocycles. The molecule has 7 nitrogen and oxygen atoms in total. The molecule has 28 heavy (non-hydrogen) atoms. The van der Waals surface area contributed by atoms with Gasteiger partial charge in [-0.3, -0.25) is 15.0 Å². The average molecular weight is 412 g/mol. The number of carbonyl (C=O) groups is 2. The lowest BCUT2D eigenvalue weighted by Crippen LogP contribution is -2.23. The van der Waals surface area contributed by atoms with Crippen LogP contribution in [0.15, 0.2) is 58.9 Å². The second-order valence-electron chi connectivity index (χ2n) is 5.91. The third-order valence-corrected chi connectivity index (χ3v) is 6.08. The van der Waals surface area contributed by atoms with Gasteiger partial charge in [-0.1, -0.05) is 53.4 Å². The molecule has 4 rings (SSSR count). The van der Waals surface area contributed by atoms with Crippen LogP contribution >= 0.6 is 23.1 Å². The zero-order chi connectivity index (χ0) is 19.3. The minimum Gasteiger partial charge on any atom is -0.447 e. The van der Waals surface area contributed by atoms with E-state index in [0.29, 0.717) is 29.5 Å². The van der Waals surface area contributed by atoms with Crippen molar-refractivity contribution in [2.45, 2.75) is 10.1 Å². The van der Waals surface area contributed by atoms with Gasteiger partial charge < -0.3 is 4.74 Å². The molecule has 1 N–H and O–H groups in total. The van der Waals surface area contributed by atoms with Crippen molar-refractivity contribution < 1.29 is 14.3 Å². The van der Waals surface area contributed by atoms with Crippen molar-refractivity contribution in [2.24, 2.45) is 0 Å². The van der Waals surface area contributed by atoms with Gasteiger partial charge in [0.1, 0.15) is 6.61 Å². The van der Waals surface area contributed by atoms with E-state index in [0.717, 1.165) is 10.1 Å². The summed E-state index contributed by atoms with van der Waals surface area (Å²) in [6.45, 7) is 0.890. The second-order valence-corrected chi connectivity index (χ2v) is 8.11. The van der Waals surface area contributed by atoms with Crippen LogP contribution in [0.5, 0.6) is 0 Å². The van der Waals surface area contributed by atoms with Crippen molar-refractivity contribution in [1.29, 1.82) is 0 Å². The van der Waals surface area contributed by atoms with E-state index in [2.05, 4.69) is 27.6 Å². The monoisotopic (exact) mass is 412 g/mol. The molecule has 2 amide bonds. The number of nitrogens with zero attached hydrogens (tertiary/aromatic N) is 3. The highest BCUT2D eigenvalue weighted by molar-refractivity contribution is 8.00. The molecule has 0 radical (unpaired) electrons. The van der Waals surface area contributed by atoms with Gasteiger partial charge in [-0.25, -0.2) is 4.79 Å². The number of thioether (sulfide) groups is 1. The van der Waals surface area contributed by atoms with E-state index in [-0.39, 0.29) is 12.0 Å². The Bertz CT molecular complexity index is 976. The highest BCUT2D eigenvalue weighted by Gasteiger charge is 2.23. The van der Waals surface area contributed by atoms with Crippen molar-refractivity contribution in [3.8, 4) is 0 Å². The molecule has 1 aliphatic rings. The van der Waals surface area contributed by atoms with Crippen LogP contribution in [0.4, 0.5) is 15.6 Å². The van der Waals surface area contributed by atoms with E-state index >= 15 is 0 Å². The third kappa shape index (κ3) is 4.32. The first-order valence-corrected chi connectivity index (χ1v) is 10.4. The van der Waals surface area contributed by atoms with Gasteiger partial charge in [-0.15, -0.1) is 10.2 Å². The van der Waals surface area contributed by atoms with Crippen LogP contribution in [-0.4, -0.2) is 35.3 Å². The van der Waals surface area contributed by atoms with Gasteiger partial charge in [0.15, 0.2) is 4.34 Å². The summed E-state index contributed by atoms with van der Waals surface area (Å²) in [5.41, 5.74) is 2.38. The van der Waals surface area contributed by atoms with Gasteiger partial charge in [0.2, 0.25) is 5.13 Å². The highest BCUT2D eigenvalue weighted by atomic mass is 32.2. The number of benzene rings is 2. The SMILES string of the molecule is O=C(Nc1nnc(SCc2ccccc2)s1)c1ccc(N2CCOC2=O)cc1. The molecule has 1 aromatic heterocycles. The minimum absolute atomic E-state index is 0.272. The summed E-state index contributed by atoms with van der Waals surface area (Å²) in [6.07, 6.45) is -0.369. The lowest BCUT2D eigenvalue weighted by atomic mass is 10.2. The van der Waals surface area contributed by atoms with Crippen LogP contribution in [0, 0.1) is 0 Å². The number of hydrogen-bond donors (Lipinski definition) is 1. The molecule has 0 saturated carbocycles. The van der Waals surface area contributed by atoms with E-state index in [1.807, 2.05) is 18.2 Å². The number of anilines is 2. The molecule has 0 bridgehead atoms. The number of hydrogen-bond acceptors (Lipinski definition) is 7. The summed E-state index contributed by atoms with van der Waals surface area (Å²) < 4.78 is 5.71. The van der Waals surface area contributed by atoms with Crippen molar-refractivity contribution in [2.75, 3.05) is 23.4 Å². The van der Waals surface area contributed by atoms with Crippen LogP contribution in [0.25, 0.3) is 0 Å². The molecular weight excluding hydrogens is 396 g/mol. The Morgan fingerprint density at radius 1 is 1.14 bits per heavy atom. The van der Waals surface area contributed by atoms with Crippen LogP contribution in [0.1, 0.15) is 15.9 Å². The van der Waals surface area contributed by atoms with Crippen molar-refractivity contribution in [3.05, 3.63) is 65.7 Å². The molecule has 0 spiro atoms. The molecule has 0 unspecified atom stereocenters. The van der Waals surface area contributed by atoms with E-state index in [4.69, 9.17) is 4.74 Å². The van der Waals surface area contributed by atoms with E-state index in [1.54, 1.807) is 36.0 Å². The van der Waals surface area contributed by atoms with Crippen LogP contribution in [0.3, 0.4) is 0 Å². The van der Waals surface area contributed by atoms with E-state index < -0.39 is 0 Å². The summed E-state index contributed by atoms with van der Waals surface area (Å²) in [6, 6.07) is 16.9. The Morgan fingerprint density at radius 3 is 2.64 bits per heavy atom. The maximum Gasteiger partial charge on any atom is 0.414 e. The summed E-state index contributed by atoms with van der Waals surface area (Å²) >= 11 is 2.92. The fourth-order valence-electron chi connectivity index (χ4n) is 2.63. The van der Waals surface area contributed by atoms with Crippen LogP contribution in [-0.2, 0) is 10.5 Å². The predicted octanol–water partition coefficient (Wildman–Crippen LogP) is 4.04. The number of aromatic nitrogens is 2. The molecule has 0 atom stereocenters. The van der Waals surface area contributed by atoms with Gasteiger partial charge in [0, 0.05) is 17.0 Å². The smallest absolute Gasteiger partial charge is 0.414 e. The van der Waals surface area contributed by atoms with Crippen molar-refractivity contribution in [1.82, 2.24) is 10.2 Å². The molecule has 2 aromatic carbocycles. The number of rotatable bonds is 6. The fraction of sp³-hybridized carbons (Fsp3) is 0.158. The highest BCUT2D eigenvalue weighted by Crippen LogP contribution is 2.28. The first kappa shape index (κ1) is 18.5.